The summed E-state index contributed by atoms with van der Waals surface area (Å²) in [6, 6.07) is 10.6. The predicted octanol–water partition coefficient (Wildman–Crippen LogP) is 4.04. The van der Waals surface area contributed by atoms with E-state index in [2.05, 4.69) is 13.2 Å². The molecule has 0 saturated heterocycles. The number of aliphatic hydroxyl groups is 1. The van der Waals surface area contributed by atoms with E-state index in [1.807, 2.05) is 0 Å². The molecule has 0 aromatic heterocycles. The molecule has 0 spiro atoms. The van der Waals surface area contributed by atoms with Crippen LogP contribution in [0.15, 0.2) is 66.8 Å². The van der Waals surface area contributed by atoms with Gasteiger partial charge in [0.2, 0.25) is 0 Å². The molecule has 0 fully saturated rings. The van der Waals surface area contributed by atoms with Crippen molar-refractivity contribution in [1.29, 1.82) is 0 Å². The van der Waals surface area contributed by atoms with E-state index in [4.69, 9.17) is 14.2 Å². The number of esters is 2. The number of carbonyl (C=O) groups excluding carboxylic acids is 2. The van der Waals surface area contributed by atoms with Gasteiger partial charge in [-0.2, -0.15) is 0 Å². The topological polar surface area (TPSA) is 82.1 Å². The number of aliphatic hydroxyl groups excluding tert-OH is 1. The molecule has 0 saturated carbocycles. The van der Waals surface area contributed by atoms with Crippen LogP contribution in [0.3, 0.4) is 0 Å². The standard InChI is InChI=1S/C23H23FO6/c1-14(2)21(25)28-11-12-29-23(27)17-7-5-16(6-8-17)18-9-10-20(19(24)13-18)30-22(26)15(3)4/h5-10,13,21,25H,1,3,11-12H2,2,4H3. The fourth-order valence-electron chi connectivity index (χ4n) is 2.27. The first-order chi connectivity index (χ1) is 14.2. The minimum atomic E-state index is -1.10. The second-order valence-electron chi connectivity index (χ2n) is 6.60. The zero-order valence-electron chi connectivity index (χ0n) is 16.8. The van der Waals surface area contributed by atoms with Gasteiger partial charge in [-0.1, -0.05) is 31.4 Å². The Hall–Kier alpha value is -3.29. The van der Waals surface area contributed by atoms with E-state index < -0.39 is 24.0 Å². The Labute approximate surface area is 174 Å². The van der Waals surface area contributed by atoms with Crippen molar-refractivity contribution in [1.82, 2.24) is 0 Å². The van der Waals surface area contributed by atoms with Gasteiger partial charge in [0.25, 0.3) is 0 Å². The van der Waals surface area contributed by atoms with Crippen molar-refractivity contribution in [3.05, 3.63) is 78.1 Å². The largest absolute Gasteiger partial charge is 0.460 e. The zero-order chi connectivity index (χ0) is 22.3. The fourth-order valence-corrected chi connectivity index (χ4v) is 2.27. The molecule has 1 atom stereocenters. The zero-order valence-corrected chi connectivity index (χ0v) is 16.8. The summed E-state index contributed by atoms with van der Waals surface area (Å²) in [6.45, 7) is 10.1. The highest BCUT2D eigenvalue weighted by atomic mass is 19.1. The van der Waals surface area contributed by atoms with Crippen molar-refractivity contribution >= 4 is 11.9 Å². The molecule has 1 unspecified atom stereocenters. The molecule has 7 heteroatoms. The molecule has 6 nitrogen and oxygen atoms in total. The molecule has 0 heterocycles. The summed E-state index contributed by atoms with van der Waals surface area (Å²) in [5.74, 6) is -2.14. The van der Waals surface area contributed by atoms with Crippen molar-refractivity contribution in [2.24, 2.45) is 0 Å². The molecule has 0 radical (unpaired) electrons. The fraction of sp³-hybridized carbons (Fsp3) is 0.217. The van der Waals surface area contributed by atoms with Crippen LogP contribution in [0.2, 0.25) is 0 Å². The molecule has 30 heavy (non-hydrogen) atoms. The van der Waals surface area contributed by atoms with Crippen LogP contribution < -0.4 is 4.74 Å². The minimum absolute atomic E-state index is 0.0272. The molecule has 158 valence electrons. The summed E-state index contributed by atoms with van der Waals surface area (Å²) in [5, 5.41) is 9.43. The lowest BCUT2D eigenvalue weighted by atomic mass is 10.0. The Bertz CT molecular complexity index is 949. The molecule has 0 aliphatic rings. The quantitative estimate of drug-likeness (QED) is 0.167. The van der Waals surface area contributed by atoms with Crippen molar-refractivity contribution < 1.29 is 33.3 Å². The van der Waals surface area contributed by atoms with Crippen LogP contribution in [0, 0.1) is 5.82 Å². The summed E-state index contributed by atoms with van der Waals surface area (Å²) in [6.07, 6.45) is -1.10. The van der Waals surface area contributed by atoms with Gasteiger partial charge in [0.05, 0.1) is 12.2 Å². The van der Waals surface area contributed by atoms with E-state index in [0.717, 1.165) is 0 Å². The normalized spacial score (nSPS) is 11.5. The molecule has 1 N–H and O–H groups in total. The summed E-state index contributed by atoms with van der Waals surface area (Å²) < 4.78 is 29.3. The summed E-state index contributed by atoms with van der Waals surface area (Å²) in [7, 11) is 0. The van der Waals surface area contributed by atoms with Crippen LogP contribution in [0.5, 0.6) is 5.75 Å². The lowest BCUT2D eigenvalue weighted by molar-refractivity contribution is -0.130. The third-order valence-electron chi connectivity index (χ3n) is 3.95. The maximum absolute atomic E-state index is 14.2. The molecule has 0 amide bonds. The molecule has 2 rings (SSSR count). The van der Waals surface area contributed by atoms with E-state index in [0.29, 0.717) is 22.3 Å². The van der Waals surface area contributed by atoms with E-state index in [1.54, 1.807) is 37.3 Å². The molecule has 0 aliphatic heterocycles. The number of ether oxygens (including phenoxy) is 3. The number of hydrogen-bond acceptors (Lipinski definition) is 6. The second kappa shape index (κ2) is 10.5. The summed E-state index contributed by atoms with van der Waals surface area (Å²) >= 11 is 0. The lowest BCUT2D eigenvalue weighted by Gasteiger charge is -2.11. The highest BCUT2D eigenvalue weighted by Gasteiger charge is 2.13. The average molecular weight is 414 g/mol. The molecule has 0 bridgehead atoms. The van der Waals surface area contributed by atoms with Gasteiger partial charge in [0.1, 0.15) is 6.61 Å². The number of hydrogen-bond donors (Lipinski definition) is 1. The maximum atomic E-state index is 14.2. The van der Waals surface area contributed by atoms with Gasteiger partial charge in [-0.15, -0.1) is 0 Å². The monoisotopic (exact) mass is 414 g/mol. The molecular formula is C23H23FO6. The van der Waals surface area contributed by atoms with E-state index in [9.17, 15) is 19.1 Å². The van der Waals surface area contributed by atoms with Crippen molar-refractivity contribution in [3.8, 4) is 16.9 Å². The van der Waals surface area contributed by atoms with Crippen molar-refractivity contribution in [3.63, 3.8) is 0 Å². The minimum Gasteiger partial charge on any atom is -0.460 e. The van der Waals surface area contributed by atoms with E-state index in [-0.39, 0.29) is 24.5 Å². The highest BCUT2D eigenvalue weighted by molar-refractivity contribution is 5.90. The van der Waals surface area contributed by atoms with Gasteiger partial charge in [-0.3, -0.25) is 0 Å². The molecule has 2 aromatic rings. The van der Waals surface area contributed by atoms with E-state index >= 15 is 0 Å². The number of halogens is 1. The van der Waals surface area contributed by atoms with Crippen LogP contribution in [0.25, 0.3) is 11.1 Å². The first kappa shape index (κ1) is 23.0. The number of benzene rings is 2. The molecule has 2 aromatic carbocycles. The van der Waals surface area contributed by atoms with Gasteiger partial charge >= 0.3 is 11.9 Å². The van der Waals surface area contributed by atoms with Crippen molar-refractivity contribution in [2.45, 2.75) is 20.1 Å². The maximum Gasteiger partial charge on any atom is 0.338 e. The Morgan fingerprint density at radius 3 is 2.23 bits per heavy atom. The Morgan fingerprint density at radius 2 is 1.67 bits per heavy atom. The first-order valence-electron chi connectivity index (χ1n) is 9.09. The van der Waals surface area contributed by atoms with Crippen LogP contribution in [-0.4, -0.2) is 36.5 Å². The lowest BCUT2D eigenvalue weighted by Crippen LogP contribution is -2.18. The van der Waals surface area contributed by atoms with Crippen LogP contribution in [0.1, 0.15) is 24.2 Å². The third-order valence-corrected chi connectivity index (χ3v) is 3.95. The summed E-state index contributed by atoms with van der Waals surface area (Å²) in [4.78, 5) is 23.6. The Morgan fingerprint density at radius 1 is 1.03 bits per heavy atom. The van der Waals surface area contributed by atoms with Gasteiger partial charge in [0, 0.05) is 5.57 Å². The number of carbonyl (C=O) groups is 2. The van der Waals surface area contributed by atoms with Gasteiger partial charge in [-0.05, 0) is 54.8 Å². The van der Waals surface area contributed by atoms with Crippen LogP contribution >= 0.6 is 0 Å². The smallest absolute Gasteiger partial charge is 0.338 e. The third kappa shape index (κ3) is 6.37. The van der Waals surface area contributed by atoms with Crippen LogP contribution in [-0.2, 0) is 14.3 Å². The van der Waals surface area contributed by atoms with Gasteiger partial charge in [-0.25, -0.2) is 14.0 Å². The number of rotatable bonds is 9. The highest BCUT2D eigenvalue weighted by Crippen LogP contribution is 2.26. The van der Waals surface area contributed by atoms with Crippen LogP contribution in [0.4, 0.5) is 4.39 Å². The molecular weight excluding hydrogens is 391 g/mol. The van der Waals surface area contributed by atoms with E-state index in [1.165, 1.54) is 19.1 Å². The molecule has 0 aliphatic carbocycles. The second-order valence-corrected chi connectivity index (χ2v) is 6.60. The first-order valence-corrected chi connectivity index (χ1v) is 9.09. The predicted molar refractivity (Wildman–Crippen MR) is 109 cm³/mol. The van der Waals surface area contributed by atoms with Gasteiger partial charge in [0.15, 0.2) is 17.9 Å². The van der Waals surface area contributed by atoms with Gasteiger partial charge < -0.3 is 19.3 Å². The Kier molecular flexibility index (Phi) is 8.03. The summed E-state index contributed by atoms with van der Waals surface area (Å²) in [5.41, 5.74) is 2.14. The Balaban J connectivity index is 1.97. The van der Waals surface area contributed by atoms with Crippen molar-refractivity contribution in [2.75, 3.05) is 13.2 Å². The SMILES string of the molecule is C=C(C)C(=O)Oc1ccc(-c2ccc(C(=O)OCCOC(O)C(=C)C)cc2)cc1F. The average Bonchev–Trinajstić information content (AvgIpc) is 2.72.